The van der Waals surface area contributed by atoms with Gasteiger partial charge in [-0.1, -0.05) is 23.7 Å². The van der Waals surface area contributed by atoms with Crippen molar-refractivity contribution >= 4 is 38.3 Å². The van der Waals surface area contributed by atoms with E-state index in [9.17, 15) is 13.2 Å². The van der Waals surface area contributed by atoms with Crippen LogP contribution >= 0.6 is 11.6 Å². The summed E-state index contributed by atoms with van der Waals surface area (Å²) in [4.78, 5) is 20.8. The highest BCUT2D eigenvalue weighted by Gasteiger charge is 2.16. The Hall–Kier alpha value is -3.43. The smallest absolute Gasteiger partial charge is 0.340 e. The molecule has 170 valence electrons. The molecule has 2 aromatic carbocycles. The second-order valence-electron chi connectivity index (χ2n) is 7.29. The lowest BCUT2D eigenvalue weighted by Crippen LogP contribution is -2.15. The lowest BCUT2D eigenvalue weighted by molar-refractivity contribution is 0.441. The maximum absolute atomic E-state index is 12.8. The SMILES string of the molecule is CCS(=O)(=O)Nc1cccc(Cc2c(C)c3cc(Cl)c(Oc4ncccn4)cc3oc2=O)c1. The number of benzene rings is 2. The summed E-state index contributed by atoms with van der Waals surface area (Å²) in [7, 11) is -3.40. The second-order valence-corrected chi connectivity index (χ2v) is 9.71. The number of ether oxygens (including phenoxy) is 1. The summed E-state index contributed by atoms with van der Waals surface area (Å²) >= 11 is 6.41. The largest absolute Gasteiger partial charge is 0.423 e. The van der Waals surface area contributed by atoms with Gasteiger partial charge in [-0.3, -0.25) is 4.72 Å². The quantitative estimate of drug-likeness (QED) is 0.378. The highest BCUT2D eigenvalue weighted by molar-refractivity contribution is 7.92. The van der Waals surface area contributed by atoms with Crippen molar-refractivity contribution in [3.8, 4) is 11.8 Å². The zero-order valence-corrected chi connectivity index (χ0v) is 19.4. The van der Waals surface area contributed by atoms with Crippen molar-refractivity contribution in [3.05, 3.63) is 87.0 Å². The third kappa shape index (κ3) is 5.15. The third-order valence-electron chi connectivity index (χ3n) is 5.04. The predicted molar refractivity (Wildman–Crippen MR) is 127 cm³/mol. The monoisotopic (exact) mass is 485 g/mol. The van der Waals surface area contributed by atoms with Crippen molar-refractivity contribution in [2.24, 2.45) is 0 Å². The minimum atomic E-state index is -3.40. The van der Waals surface area contributed by atoms with Gasteiger partial charge in [0.25, 0.3) is 0 Å². The first kappa shape index (κ1) is 22.8. The van der Waals surface area contributed by atoms with Crippen LogP contribution < -0.4 is 15.1 Å². The van der Waals surface area contributed by atoms with E-state index in [4.69, 9.17) is 20.8 Å². The molecule has 0 aliphatic carbocycles. The van der Waals surface area contributed by atoms with E-state index >= 15 is 0 Å². The van der Waals surface area contributed by atoms with E-state index in [0.29, 0.717) is 32.8 Å². The van der Waals surface area contributed by atoms with Gasteiger partial charge < -0.3 is 9.15 Å². The Bertz CT molecular complexity index is 1490. The first-order valence-corrected chi connectivity index (χ1v) is 12.1. The molecule has 0 amide bonds. The molecule has 0 atom stereocenters. The lowest BCUT2D eigenvalue weighted by atomic mass is 9.99. The molecule has 0 saturated carbocycles. The van der Waals surface area contributed by atoms with Gasteiger partial charge in [-0.2, -0.15) is 0 Å². The van der Waals surface area contributed by atoms with Gasteiger partial charge in [0.15, 0.2) is 5.75 Å². The first-order chi connectivity index (χ1) is 15.8. The van der Waals surface area contributed by atoms with E-state index in [1.807, 2.05) is 13.0 Å². The molecule has 0 unspecified atom stereocenters. The van der Waals surface area contributed by atoms with Crippen LogP contribution in [0.3, 0.4) is 0 Å². The Morgan fingerprint density at radius 1 is 1.12 bits per heavy atom. The normalized spacial score (nSPS) is 11.5. The van der Waals surface area contributed by atoms with Gasteiger partial charge in [0, 0.05) is 41.5 Å². The fraction of sp³-hybridized carbons (Fsp3) is 0.174. The molecule has 0 fully saturated rings. The summed E-state index contributed by atoms with van der Waals surface area (Å²) in [6.07, 6.45) is 3.34. The molecule has 8 nitrogen and oxygen atoms in total. The molecule has 10 heteroatoms. The van der Waals surface area contributed by atoms with Crippen molar-refractivity contribution in [1.82, 2.24) is 9.97 Å². The molecular weight excluding hydrogens is 466 g/mol. The highest BCUT2D eigenvalue weighted by atomic mass is 35.5. The molecular formula is C23H20ClN3O5S. The highest BCUT2D eigenvalue weighted by Crippen LogP contribution is 2.34. The molecule has 33 heavy (non-hydrogen) atoms. The molecule has 0 radical (unpaired) electrons. The van der Waals surface area contributed by atoms with E-state index in [0.717, 1.165) is 5.56 Å². The molecule has 0 spiro atoms. The number of aromatic nitrogens is 2. The summed E-state index contributed by atoms with van der Waals surface area (Å²) in [5.74, 6) is 0.231. The van der Waals surface area contributed by atoms with Gasteiger partial charge in [-0.15, -0.1) is 0 Å². The third-order valence-corrected chi connectivity index (χ3v) is 6.65. The average molecular weight is 486 g/mol. The Labute approximate surface area is 195 Å². The van der Waals surface area contributed by atoms with Crippen LogP contribution in [-0.4, -0.2) is 24.1 Å². The Morgan fingerprint density at radius 3 is 2.61 bits per heavy atom. The van der Waals surface area contributed by atoms with Crippen molar-refractivity contribution < 1.29 is 17.6 Å². The number of anilines is 1. The topological polar surface area (TPSA) is 111 Å². The number of rotatable bonds is 7. The van der Waals surface area contributed by atoms with Crippen molar-refractivity contribution in [3.63, 3.8) is 0 Å². The predicted octanol–water partition coefficient (Wildman–Crippen LogP) is 4.69. The molecule has 2 aromatic heterocycles. The van der Waals surface area contributed by atoms with Crippen molar-refractivity contribution in [1.29, 1.82) is 0 Å². The number of nitrogens with one attached hydrogen (secondary N) is 1. The summed E-state index contributed by atoms with van der Waals surface area (Å²) in [5, 5.41) is 0.979. The van der Waals surface area contributed by atoms with Gasteiger partial charge in [0.1, 0.15) is 5.58 Å². The number of hydrogen-bond acceptors (Lipinski definition) is 7. The molecule has 0 saturated heterocycles. The van der Waals surface area contributed by atoms with E-state index in [2.05, 4.69) is 14.7 Å². The first-order valence-electron chi connectivity index (χ1n) is 10.1. The zero-order valence-electron chi connectivity index (χ0n) is 17.8. The Balaban J connectivity index is 1.68. The number of sulfonamides is 1. The van der Waals surface area contributed by atoms with Crippen LogP contribution in [0.25, 0.3) is 11.0 Å². The number of halogens is 1. The number of hydrogen-bond donors (Lipinski definition) is 1. The Kier molecular flexibility index (Phi) is 6.35. The molecule has 2 heterocycles. The summed E-state index contributed by atoms with van der Waals surface area (Å²) < 4.78 is 37.4. The molecule has 4 aromatic rings. The fourth-order valence-electron chi connectivity index (χ4n) is 3.31. The van der Waals surface area contributed by atoms with Gasteiger partial charge in [0.05, 0.1) is 10.8 Å². The Morgan fingerprint density at radius 2 is 1.88 bits per heavy atom. The van der Waals surface area contributed by atoms with Crippen LogP contribution in [0.4, 0.5) is 5.69 Å². The summed E-state index contributed by atoms with van der Waals surface area (Å²) in [6.45, 7) is 3.37. The molecule has 0 aliphatic rings. The standard InChI is InChI=1S/C23H20ClN3O5S/c1-3-33(29,30)27-16-7-4-6-15(10-16)11-18-14(2)17-12-19(24)21(13-20(17)31-22(18)28)32-23-25-8-5-9-26-23/h4-10,12-13,27H,3,11H2,1-2H3. The zero-order chi connectivity index (χ0) is 23.6. The maximum Gasteiger partial charge on any atom is 0.340 e. The van der Waals surface area contributed by atoms with Gasteiger partial charge >= 0.3 is 11.6 Å². The van der Waals surface area contributed by atoms with E-state index < -0.39 is 15.6 Å². The van der Waals surface area contributed by atoms with Gasteiger partial charge in [0.2, 0.25) is 10.0 Å². The molecule has 4 rings (SSSR count). The summed E-state index contributed by atoms with van der Waals surface area (Å²) in [5.41, 5.74) is 2.18. The van der Waals surface area contributed by atoms with Crippen LogP contribution in [-0.2, 0) is 16.4 Å². The molecule has 0 bridgehead atoms. The average Bonchev–Trinajstić information content (AvgIpc) is 2.79. The maximum atomic E-state index is 12.8. The number of nitrogens with zero attached hydrogens (tertiary/aromatic N) is 2. The molecule has 0 aliphatic heterocycles. The van der Waals surface area contributed by atoms with E-state index in [1.54, 1.807) is 37.3 Å². The van der Waals surface area contributed by atoms with E-state index in [1.165, 1.54) is 18.5 Å². The van der Waals surface area contributed by atoms with E-state index in [-0.39, 0.29) is 23.9 Å². The van der Waals surface area contributed by atoms with Crippen LogP contribution in [0.15, 0.2) is 64.1 Å². The minimum Gasteiger partial charge on any atom is -0.423 e. The van der Waals surface area contributed by atoms with Crippen LogP contribution in [0, 0.1) is 6.92 Å². The lowest BCUT2D eigenvalue weighted by Gasteiger charge is -2.12. The van der Waals surface area contributed by atoms with Crippen LogP contribution in [0.1, 0.15) is 23.6 Å². The van der Waals surface area contributed by atoms with Gasteiger partial charge in [-0.25, -0.2) is 23.2 Å². The van der Waals surface area contributed by atoms with Crippen LogP contribution in [0.2, 0.25) is 5.02 Å². The summed E-state index contributed by atoms with van der Waals surface area (Å²) in [6, 6.07) is 11.9. The number of aryl methyl sites for hydroxylation is 1. The van der Waals surface area contributed by atoms with Crippen molar-refractivity contribution in [2.45, 2.75) is 20.3 Å². The fourth-order valence-corrected chi connectivity index (χ4v) is 4.14. The van der Waals surface area contributed by atoms with Crippen molar-refractivity contribution in [2.75, 3.05) is 10.5 Å². The van der Waals surface area contributed by atoms with Gasteiger partial charge in [-0.05, 0) is 49.2 Å². The van der Waals surface area contributed by atoms with Crippen LogP contribution in [0.5, 0.6) is 11.8 Å². The number of fused-ring (bicyclic) bond motifs is 1. The second kappa shape index (κ2) is 9.21. The minimum absolute atomic E-state index is 0.0343. The molecule has 1 N–H and O–H groups in total.